The molecule has 1 aliphatic rings. The van der Waals surface area contributed by atoms with Gasteiger partial charge in [-0.1, -0.05) is 36.7 Å². The topological polar surface area (TPSA) is 71.1 Å². The summed E-state index contributed by atoms with van der Waals surface area (Å²) in [5.74, 6) is -0.403. The molecule has 1 saturated carbocycles. The molecule has 0 unspecified atom stereocenters. The van der Waals surface area contributed by atoms with Crippen molar-refractivity contribution in [2.75, 3.05) is 5.32 Å². The third-order valence-electron chi connectivity index (χ3n) is 4.49. The zero-order valence-electron chi connectivity index (χ0n) is 14.0. The average Bonchev–Trinajstić information content (AvgIpc) is 3.37. The highest BCUT2D eigenvalue weighted by molar-refractivity contribution is 6.31. The van der Waals surface area contributed by atoms with E-state index >= 15 is 0 Å². The number of halogens is 1. The molecule has 6 heteroatoms. The Morgan fingerprint density at radius 3 is 2.68 bits per heavy atom. The highest BCUT2D eigenvalue weighted by Crippen LogP contribution is 2.38. The molecule has 1 heterocycles. The van der Waals surface area contributed by atoms with E-state index < -0.39 is 0 Å². The fraction of sp³-hybridized carbons (Fsp3) is 0.316. The Morgan fingerprint density at radius 1 is 1.24 bits per heavy atom. The number of hydrogen-bond donors (Lipinski definition) is 2. The average molecular weight is 358 g/mol. The first-order chi connectivity index (χ1) is 12.0. The number of nitrogens with zero attached hydrogens (tertiary/aromatic N) is 1. The number of rotatable bonds is 6. The Morgan fingerprint density at radius 2 is 2.00 bits per heavy atom. The van der Waals surface area contributed by atoms with E-state index in [0.29, 0.717) is 16.4 Å². The van der Waals surface area contributed by atoms with Gasteiger partial charge in [0, 0.05) is 22.4 Å². The number of aromatic nitrogens is 1. The molecule has 2 amide bonds. The molecule has 3 rings (SSSR count). The lowest BCUT2D eigenvalue weighted by Crippen LogP contribution is -2.36. The van der Waals surface area contributed by atoms with Crippen molar-refractivity contribution in [2.45, 2.75) is 38.1 Å². The number of carbonyl (C=O) groups excluding carboxylic acids is 2. The van der Waals surface area contributed by atoms with Crippen LogP contribution in [0.3, 0.4) is 0 Å². The van der Waals surface area contributed by atoms with E-state index in [4.69, 9.17) is 11.6 Å². The first kappa shape index (κ1) is 17.4. The van der Waals surface area contributed by atoms with Crippen molar-refractivity contribution in [3.63, 3.8) is 0 Å². The van der Waals surface area contributed by atoms with Crippen LogP contribution in [0.2, 0.25) is 5.02 Å². The van der Waals surface area contributed by atoms with Crippen LogP contribution in [0.4, 0.5) is 5.69 Å². The van der Waals surface area contributed by atoms with Gasteiger partial charge in [0.1, 0.15) is 5.69 Å². The van der Waals surface area contributed by atoms with E-state index in [0.717, 1.165) is 24.8 Å². The Bertz CT molecular complexity index is 803. The van der Waals surface area contributed by atoms with Gasteiger partial charge in [0.25, 0.3) is 5.91 Å². The van der Waals surface area contributed by atoms with Crippen molar-refractivity contribution in [1.82, 2.24) is 10.3 Å². The molecule has 2 N–H and O–H groups in total. The van der Waals surface area contributed by atoms with Crippen LogP contribution in [0.15, 0.2) is 42.6 Å². The maximum atomic E-state index is 12.3. The fourth-order valence-electron chi connectivity index (χ4n) is 2.68. The SMILES string of the molecule is CCC1(NC(=O)c2cc(NC(=O)Cc3ccccc3Cl)ccn2)CC1. The zero-order chi connectivity index (χ0) is 17.9. The summed E-state index contributed by atoms with van der Waals surface area (Å²) >= 11 is 6.08. The lowest BCUT2D eigenvalue weighted by Gasteiger charge is -2.15. The first-order valence-corrected chi connectivity index (χ1v) is 8.71. The molecule has 1 aromatic heterocycles. The summed E-state index contributed by atoms with van der Waals surface area (Å²) in [4.78, 5) is 28.6. The number of carbonyl (C=O) groups is 2. The predicted molar refractivity (Wildman–Crippen MR) is 97.7 cm³/mol. The van der Waals surface area contributed by atoms with Crippen LogP contribution >= 0.6 is 11.6 Å². The van der Waals surface area contributed by atoms with Gasteiger partial charge in [-0.15, -0.1) is 0 Å². The van der Waals surface area contributed by atoms with E-state index in [-0.39, 0.29) is 23.8 Å². The molecule has 0 bridgehead atoms. The van der Waals surface area contributed by atoms with E-state index in [1.54, 1.807) is 18.2 Å². The Hall–Kier alpha value is -2.40. The predicted octanol–water partition coefficient (Wildman–Crippen LogP) is 3.59. The van der Waals surface area contributed by atoms with E-state index in [1.165, 1.54) is 6.20 Å². The van der Waals surface area contributed by atoms with Crippen molar-refractivity contribution < 1.29 is 9.59 Å². The third kappa shape index (κ3) is 4.37. The number of pyridine rings is 1. The van der Waals surface area contributed by atoms with E-state index in [1.807, 2.05) is 18.2 Å². The molecule has 1 fully saturated rings. The fourth-order valence-corrected chi connectivity index (χ4v) is 2.88. The number of anilines is 1. The molecular formula is C19H20ClN3O2. The maximum absolute atomic E-state index is 12.3. The minimum absolute atomic E-state index is 0.0674. The Balaban J connectivity index is 1.64. The molecule has 130 valence electrons. The van der Waals surface area contributed by atoms with E-state index in [9.17, 15) is 9.59 Å². The van der Waals surface area contributed by atoms with Gasteiger partial charge < -0.3 is 10.6 Å². The summed E-state index contributed by atoms with van der Waals surface area (Å²) < 4.78 is 0. The molecule has 0 atom stereocenters. The van der Waals surface area contributed by atoms with Crippen molar-refractivity contribution in [1.29, 1.82) is 0 Å². The number of hydrogen-bond acceptors (Lipinski definition) is 3. The standard InChI is InChI=1S/C19H20ClN3O2/c1-2-19(8-9-19)23-18(25)16-12-14(7-10-21-16)22-17(24)11-13-5-3-4-6-15(13)20/h3-7,10,12H,2,8-9,11H2,1H3,(H,23,25)(H,21,22,24). The Labute approximate surface area is 151 Å². The van der Waals surface area contributed by atoms with Gasteiger partial charge in [-0.2, -0.15) is 0 Å². The van der Waals surface area contributed by atoms with Gasteiger partial charge in [0.15, 0.2) is 0 Å². The largest absolute Gasteiger partial charge is 0.345 e. The van der Waals surface area contributed by atoms with Crippen molar-refractivity contribution in [3.8, 4) is 0 Å². The summed E-state index contributed by atoms with van der Waals surface area (Å²) in [6, 6.07) is 10.5. The Kier molecular flexibility index (Phi) is 5.04. The number of nitrogens with one attached hydrogen (secondary N) is 2. The van der Waals surface area contributed by atoms with Crippen LogP contribution in [-0.2, 0) is 11.2 Å². The molecule has 2 aromatic rings. The van der Waals surface area contributed by atoms with Gasteiger partial charge in [0.05, 0.1) is 6.42 Å². The maximum Gasteiger partial charge on any atom is 0.270 e. The van der Waals surface area contributed by atoms with Crippen LogP contribution in [0.25, 0.3) is 0 Å². The molecule has 0 aliphatic heterocycles. The van der Waals surface area contributed by atoms with Crippen molar-refractivity contribution in [2.24, 2.45) is 0 Å². The molecule has 0 saturated heterocycles. The minimum atomic E-state index is -0.207. The van der Waals surface area contributed by atoms with Crippen LogP contribution in [0.5, 0.6) is 0 Å². The summed E-state index contributed by atoms with van der Waals surface area (Å²) in [5, 5.41) is 6.37. The second-order valence-corrected chi connectivity index (χ2v) is 6.74. The van der Waals surface area contributed by atoms with Crippen molar-refractivity contribution >= 4 is 29.1 Å². The van der Waals surface area contributed by atoms with Gasteiger partial charge >= 0.3 is 0 Å². The van der Waals surface area contributed by atoms with E-state index in [2.05, 4.69) is 22.5 Å². The quantitative estimate of drug-likeness (QED) is 0.829. The van der Waals surface area contributed by atoms with Gasteiger partial charge in [-0.3, -0.25) is 14.6 Å². The molecule has 5 nitrogen and oxygen atoms in total. The van der Waals surface area contributed by atoms with Gasteiger partial charge in [-0.05, 0) is 43.0 Å². The van der Waals surface area contributed by atoms with Crippen molar-refractivity contribution in [3.05, 3.63) is 58.9 Å². The smallest absolute Gasteiger partial charge is 0.270 e. The first-order valence-electron chi connectivity index (χ1n) is 8.33. The summed E-state index contributed by atoms with van der Waals surface area (Å²) in [6.07, 6.45) is 4.61. The normalized spacial score (nSPS) is 14.6. The van der Waals surface area contributed by atoms with Crippen LogP contribution in [0.1, 0.15) is 42.2 Å². The summed E-state index contributed by atoms with van der Waals surface area (Å²) in [5.41, 5.74) is 1.53. The summed E-state index contributed by atoms with van der Waals surface area (Å²) in [7, 11) is 0. The molecular weight excluding hydrogens is 338 g/mol. The summed E-state index contributed by atoms with van der Waals surface area (Å²) in [6.45, 7) is 2.06. The lowest BCUT2D eigenvalue weighted by molar-refractivity contribution is -0.115. The molecule has 0 radical (unpaired) electrons. The highest BCUT2D eigenvalue weighted by Gasteiger charge is 2.42. The molecule has 1 aromatic carbocycles. The second-order valence-electron chi connectivity index (χ2n) is 6.33. The van der Waals surface area contributed by atoms with Gasteiger partial charge in [-0.25, -0.2) is 0 Å². The molecule has 1 aliphatic carbocycles. The highest BCUT2D eigenvalue weighted by atomic mass is 35.5. The van der Waals surface area contributed by atoms with Crippen LogP contribution in [0, 0.1) is 0 Å². The number of benzene rings is 1. The molecule has 25 heavy (non-hydrogen) atoms. The van der Waals surface area contributed by atoms with Crippen LogP contribution < -0.4 is 10.6 Å². The van der Waals surface area contributed by atoms with Gasteiger partial charge in [0.2, 0.25) is 5.91 Å². The third-order valence-corrected chi connectivity index (χ3v) is 4.86. The second kappa shape index (κ2) is 7.23. The number of amides is 2. The minimum Gasteiger partial charge on any atom is -0.345 e. The zero-order valence-corrected chi connectivity index (χ0v) is 14.8. The lowest BCUT2D eigenvalue weighted by atomic mass is 10.1. The van der Waals surface area contributed by atoms with Crippen LogP contribution in [-0.4, -0.2) is 22.3 Å². The monoisotopic (exact) mass is 357 g/mol. The molecule has 0 spiro atoms.